The number of anilines is 2. The summed E-state index contributed by atoms with van der Waals surface area (Å²) in [6.45, 7) is 1.39. The van der Waals surface area contributed by atoms with E-state index in [-0.39, 0.29) is 29.9 Å². The largest absolute Gasteiger partial charge is 0.494 e. The van der Waals surface area contributed by atoms with Gasteiger partial charge in [-0.3, -0.25) is 4.79 Å². The molecule has 0 unspecified atom stereocenters. The van der Waals surface area contributed by atoms with Crippen molar-refractivity contribution in [3.05, 3.63) is 59.3 Å². The number of aromatic nitrogens is 2. The molecule has 0 bridgehead atoms. The van der Waals surface area contributed by atoms with Gasteiger partial charge in [-0.2, -0.15) is 18.2 Å². The maximum atomic E-state index is 13.7. The molecule has 0 radical (unpaired) electrons. The van der Waals surface area contributed by atoms with Gasteiger partial charge in [-0.05, 0) is 23.8 Å². The molecule has 1 atom stereocenters. The first-order chi connectivity index (χ1) is 17.3. The standard InChI is InChI=1S/C24H21F3N4O5/c1-33-19-9-14(35-15-7-8-34-12-15)5-6-17(19)30-23-29-11-16(24(25,26)27)22(31-23)36-18-4-2-3-13-10-28-21(32)20(13)18/h2-6,9,11,15H,7-8,10,12H2,1H3,(H,28,32)(H,29,30,31)/t15-/m0/s1. The lowest BCUT2D eigenvalue weighted by Crippen LogP contribution is -2.15. The van der Waals surface area contributed by atoms with Crippen molar-refractivity contribution in [1.82, 2.24) is 15.3 Å². The number of fused-ring (bicyclic) bond motifs is 1. The predicted molar refractivity (Wildman–Crippen MR) is 121 cm³/mol. The van der Waals surface area contributed by atoms with Crippen molar-refractivity contribution < 1.29 is 36.9 Å². The number of methoxy groups -OCH3 is 1. The highest BCUT2D eigenvalue weighted by Gasteiger charge is 2.37. The van der Waals surface area contributed by atoms with Gasteiger partial charge in [0.15, 0.2) is 0 Å². The number of benzene rings is 2. The van der Waals surface area contributed by atoms with E-state index in [2.05, 4.69) is 20.6 Å². The van der Waals surface area contributed by atoms with Crippen LogP contribution in [0.3, 0.4) is 0 Å². The Labute approximate surface area is 203 Å². The summed E-state index contributed by atoms with van der Waals surface area (Å²) in [5, 5.41) is 5.48. The van der Waals surface area contributed by atoms with Gasteiger partial charge in [-0.25, -0.2) is 4.98 Å². The summed E-state index contributed by atoms with van der Waals surface area (Å²) in [6, 6.07) is 9.67. The van der Waals surface area contributed by atoms with Gasteiger partial charge in [0, 0.05) is 25.2 Å². The van der Waals surface area contributed by atoms with Crippen molar-refractivity contribution >= 4 is 17.5 Å². The zero-order chi connectivity index (χ0) is 25.3. The van der Waals surface area contributed by atoms with Crippen LogP contribution in [0.15, 0.2) is 42.6 Å². The van der Waals surface area contributed by atoms with Crippen LogP contribution in [-0.2, 0) is 17.5 Å². The number of hydrogen-bond acceptors (Lipinski definition) is 8. The van der Waals surface area contributed by atoms with Gasteiger partial charge in [-0.15, -0.1) is 0 Å². The number of halogens is 3. The molecular formula is C24H21F3N4O5. The van der Waals surface area contributed by atoms with E-state index in [1.165, 1.54) is 13.2 Å². The quantitative estimate of drug-likeness (QED) is 0.489. The van der Waals surface area contributed by atoms with Gasteiger partial charge in [-0.1, -0.05) is 12.1 Å². The molecule has 2 N–H and O–H groups in total. The lowest BCUT2D eigenvalue weighted by atomic mass is 10.1. The Morgan fingerprint density at radius 1 is 1.19 bits per heavy atom. The molecule has 1 saturated heterocycles. The van der Waals surface area contributed by atoms with Crippen molar-refractivity contribution in [3.63, 3.8) is 0 Å². The first kappa shape index (κ1) is 23.7. The van der Waals surface area contributed by atoms with Gasteiger partial charge >= 0.3 is 6.18 Å². The Hall–Kier alpha value is -4.06. The van der Waals surface area contributed by atoms with Crippen molar-refractivity contribution in [1.29, 1.82) is 0 Å². The average molecular weight is 502 g/mol. The molecule has 12 heteroatoms. The smallest absolute Gasteiger partial charge is 0.423 e. The Morgan fingerprint density at radius 3 is 2.81 bits per heavy atom. The molecule has 3 aromatic rings. The van der Waals surface area contributed by atoms with Crippen LogP contribution in [0.5, 0.6) is 23.1 Å². The highest BCUT2D eigenvalue weighted by molar-refractivity contribution is 6.01. The normalized spacial score (nSPS) is 16.9. The van der Waals surface area contributed by atoms with Crippen LogP contribution in [0.25, 0.3) is 0 Å². The Balaban J connectivity index is 1.44. The molecular weight excluding hydrogens is 481 g/mol. The molecule has 3 heterocycles. The predicted octanol–water partition coefficient (Wildman–Crippen LogP) is 4.45. The highest BCUT2D eigenvalue weighted by Crippen LogP contribution is 2.39. The van der Waals surface area contributed by atoms with Crippen LogP contribution >= 0.6 is 0 Å². The summed E-state index contributed by atoms with van der Waals surface area (Å²) in [5.41, 5.74) is 0.00936. The second-order valence-corrected chi connectivity index (χ2v) is 8.08. The maximum absolute atomic E-state index is 13.7. The minimum atomic E-state index is -4.78. The summed E-state index contributed by atoms with van der Waals surface area (Å²) in [5.74, 6) is -0.443. The van der Waals surface area contributed by atoms with E-state index >= 15 is 0 Å². The summed E-state index contributed by atoms with van der Waals surface area (Å²) in [4.78, 5) is 20.0. The topological polar surface area (TPSA) is 104 Å². The maximum Gasteiger partial charge on any atom is 0.423 e. The number of nitrogens with zero attached hydrogens (tertiary/aromatic N) is 2. The van der Waals surface area contributed by atoms with Crippen LogP contribution in [0.2, 0.25) is 0 Å². The molecule has 36 heavy (non-hydrogen) atoms. The fourth-order valence-corrected chi connectivity index (χ4v) is 3.90. The van der Waals surface area contributed by atoms with Crippen LogP contribution in [0.4, 0.5) is 24.8 Å². The van der Waals surface area contributed by atoms with Crippen LogP contribution < -0.4 is 24.8 Å². The molecule has 2 aromatic carbocycles. The summed E-state index contributed by atoms with van der Waals surface area (Å²) in [6.07, 6.45) is -3.45. The minimum Gasteiger partial charge on any atom is -0.494 e. The fourth-order valence-electron chi connectivity index (χ4n) is 3.90. The van der Waals surface area contributed by atoms with E-state index in [1.54, 1.807) is 30.3 Å². The van der Waals surface area contributed by atoms with Crippen LogP contribution in [0.1, 0.15) is 27.9 Å². The molecule has 1 amide bonds. The van der Waals surface area contributed by atoms with Crippen molar-refractivity contribution in [2.75, 3.05) is 25.6 Å². The second kappa shape index (κ2) is 9.53. The number of hydrogen-bond donors (Lipinski definition) is 2. The summed E-state index contributed by atoms with van der Waals surface area (Å²) >= 11 is 0. The van der Waals surface area contributed by atoms with Gasteiger partial charge < -0.3 is 29.6 Å². The first-order valence-electron chi connectivity index (χ1n) is 11.0. The fraction of sp³-hybridized carbons (Fsp3) is 0.292. The summed E-state index contributed by atoms with van der Waals surface area (Å²) in [7, 11) is 1.45. The lowest BCUT2D eigenvalue weighted by molar-refractivity contribution is -0.139. The molecule has 1 aromatic heterocycles. The molecule has 0 saturated carbocycles. The third kappa shape index (κ3) is 4.85. The molecule has 0 aliphatic carbocycles. The van der Waals surface area contributed by atoms with Gasteiger partial charge in [0.1, 0.15) is 28.9 Å². The van der Waals surface area contributed by atoms with Crippen LogP contribution in [0, 0.1) is 0 Å². The number of ether oxygens (including phenoxy) is 4. The third-order valence-electron chi connectivity index (χ3n) is 5.65. The van der Waals surface area contributed by atoms with Gasteiger partial charge in [0.2, 0.25) is 11.8 Å². The van der Waals surface area contributed by atoms with Crippen molar-refractivity contribution in [2.45, 2.75) is 25.2 Å². The first-order valence-corrected chi connectivity index (χ1v) is 11.0. The lowest BCUT2D eigenvalue weighted by Gasteiger charge is -2.17. The van der Waals surface area contributed by atoms with E-state index in [0.717, 1.165) is 6.42 Å². The minimum absolute atomic E-state index is 0.0346. The highest BCUT2D eigenvalue weighted by atomic mass is 19.4. The van der Waals surface area contributed by atoms with Crippen LogP contribution in [-0.4, -0.2) is 42.3 Å². The number of carbonyl (C=O) groups excluding carboxylic acids is 1. The van der Waals surface area contributed by atoms with Gasteiger partial charge in [0.05, 0.1) is 31.6 Å². The van der Waals surface area contributed by atoms with E-state index < -0.39 is 23.5 Å². The molecule has 9 nitrogen and oxygen atoms in total. The Morgan fingerprint density at radius 2 is 2.06 bits per heavy atom. The SMILES string of the molecule is COc1cc(O[C@H]2CCOC2)ccc1Nc1ncc(C(F)(F)F)c(Oc2cccc3c2C(=O)NC3)n1. The molecule has 5 rings (SSSR count). The van der Waals surface area contributed by atoms with E-state index in [4.69, 9.17) is 18.9 Å². The van der Waals surface area contributed by atoms with E-state index in [1.807, 2.05) is 0 Å². The van der Waals surface area contributed by atoms with Gasteiger partial charge in [0.25, 0.3) is 5.91 Å². The van der Waals surface area contributed by atoms with E-state index in [9.17, 15) is 18.0 Å². The zero-order valence-electron chi connectivity index (χ0n) is 19.0. The van der Waals surface area contributed by atoms with Crippen molar-refractivity contribution in [2.24, 2.45) is 0 Å². The molecule has 188 valence electrons. The Bertz CT molecular complexity index is 1300. The third-order valence-corrected chi connectivity index (χ3v) is 5.65. The average Bonchev–Trinajstić information content (AvgIpc) is 3.50. The van der Waals surface area contributed by atoms with E-state index in [0.29, 0.717) is 42.2 Å². The number of nitrogens with one attached hydrogen (secondary N) is 2. The number of carbonyl (C=O) groups is 1. The molecule has 2 aliphatic rings. The number of amides is 1. The van der Waals surface area contributed by atoms with Crippen molar-refractivity contribution in [3.8, 4) is 23.1 Å². The Kier molecular flexibility index (Phi) is 6.27. The molecule has 2 aliphatic heterocycles. The monoisotopic (exact) mass is 502 g/mol. The zero-order valence-corrected chi connectivity index (χ0v) is 19.0. The molecule has 0 spiro atoms. The summed E-state index contributed by atoms with van der Waals surface area (Å²) < 4.78 is 63.2. The number of alkyl halides is 3. The number of rotatable bonds is 7. The molecule has 1 fully saturated rings. The second-order valence-electron chi connectivity index (χ2n) is 8.08.